The van der Waals surface area contributed by atoms with E-state index in [1.807, 2.05) is 4.90 Å². The summed E-state index contributed by atoms with van der Waals surface area (Å²) in [5.74, 6) is 0.348. The van der Waals surface area contributed by atoms with E-state index < -0.39 is 5.69 Å². The van der Waals surface area contributed by atoms with E-state index in [1.165, 1.54) is 6.42 Å². The van der Waals surface area contributed by atoms with Crippen molar-refractivity contribution >= 4 is 5.82 Å². The zero-order chi connectivity index (χ0) is 11.7. The molecule has 2 heterocycles. The number of H-pyrrole nitrogens is 1. The second-order valence-corrected chi connectivity index (χ2v) is 3.65. The quantitative estimate of drug-likeness (QED) is 0.731. The van der Waals surface area contributed by atoms with Crippen LogP contribution in [0, 0.1) is 0 Å². The summed E-state index contributed by atoms with van der Waals surface area (Å²) in [5.41, 5.74) is -0.547. The highest BCUT2D eigenvalue weighted by Crippen LogP contribution is 2.21. The molecule has 76 valence electrons. The van der Waals surface area contributed by atoms with Gasteiger partial charge in [0.1, 0.15) is 5.82 Å². The smallest absolute Gasteiger partial charge is 0.346 e. The van der Waals surface area contributed by atoms with Crippen molar-refractivity contribution in [2.24, 2.45) is 0 Å². The minimum absolute atomic E-state index is 0.00773. The van der Waals surface area contributed by atoms with Crippen LogP contribution in [0.2, 0.25) is 0 Å². The summed E-state index contributed by atoms with van der Waals surface area (Å²) >= 11 is 0. The maximum atomic E-state index is 11.2. The van der Waals surface area contributed by atoms with E-state index in [-0.39, 0.29) is 18.3 Å². The van der Waals surface area contributed by atoms with Gasteiger partial charge in [-0.3, -0.25) is 0 Å². The van der Waals surface area contributed by atoms with Gasteiger partial charge in [-0.25, -0.2) is 4.79 Å². The highest BCUT2D eigenvalue weighted by molar-refractivity contribution is 5.38. The summed E-state index contributed by atoms with van der Waals surface area (Å²) in [5, 5.41) is 0. The van der Waals surface area contributed by atoms with Crippen LogP contribution < -0.4 is 10.6 Å². The maximum Gasteiger partial charge on any atom is 0.346 e. The molecule has 0 radical (unpaired) electrons. The molecule has 0 spiro atoms. The first kappa shape index (κ1) is 7.04. The Morgan fingerprint density at radius 3 is 3.36 bits per heavy atom. The van der Waals surface area contributed by atoms with Crippen molar-refractivity contribution in [1.29, 1.82) is 0 Å². The van der Waals surface area contributed by atoms with Gasteiger partial charge in [0, 0.05) is 18.8 Å². The van der Waals surface area contributed by atoms with Crippen LogP contribution in [0.3, 0.4) is 0 Å². The van der Waals surface area contributed by atoms with E-state index >= 15 is 0 Å². The van der Waals surface area contributed by atoms with Gasteiger partial charge < -0.3 is 9.88 Å². The van der Waals surface area contributed by atoms with E-state index in [4.69, 9.17) is 2.74 Å². The van der Waals surface area contributed by atoms with Crippen molar-refractivity contribution in [2.75, 3.05) is 11.4 Å². The lowest BCUT2D eigenvalue weighted by molar-refractivity contribution is 0.480. The minimum Gasteiger partial charge on any atom is -0.354 e. The number of hydrogen-bond acceptors (Lipinski definition) is 3. The maximum absolute atomic E-state index is 11.2. The molecule has 2 rings (SSSR count). The Balaban J connectivity index is 2.42. The first-order valence-corrected chi connectivity index (χ1v) is 4.93. The molecule has 1 atom stereocenters. The van der Waals surface area contributed by atoms with Gasteiger partial charge in [0.05, 0.1) is 2.74 Å². The molecule has 1 fully saturated rings. The average molecular weight is 195 g/mol. The van der Waals surface area contributed by atoms with Gasteiger partial charge in [-0.2, -0.15) is 4.98 Å². The summed E-state index contributed by atoms with van der Waals surface area (Å²) in [6.07, 6.45) is 3.10. The lowest BCUT2D eigenvalue weighted by Crippen LogP contribution is -2.38. The van der Waals surface area contributed by atoms with E-state index in [0.29, 0.717) is 5.82 Å². The van der Waals surface area contributed by atoms with Crippen molar-refractivity contribution < 1.29 is 2.74 Å². The molecule has 1 saturated heterocycles. The number of hydrogen-bond donors (Lipinski definition) is 1. The Labute approximate surface area is 85.8 Å². The summed E-state index contributed by atoms with van der Waals surface area (Å²) in [7, 11) is 0. The largest absolute Gasteiger partial charge is 0.354 e. The van der Waals surface area contributed by atoms with Crippen molar-refractivity contribution in [3.05, 3.63) is 22.7 Å². The zero-order valence-corrected chi connectivity index (χ0v) is 8.21. The molecule has 14 heavy (non-hydrogen) atoms. The molecule has 0 aliphatic carbocycles. The number of rotatable bonds is 1. The van der Waals surface area contributed by atoms with Crippen LogP contribution in [0.4, 0.5) is 5.82 Å². The van der Waals surface area contributed by atoms with E-state index in [2.05, 4.69) is 16.9 Å². The van der Waals surface area contributed by atoms with Crippen LogP contribution in [0.25, 0.3) is 0 Å². The van der Waals surface area contributed by atoms with Gasteiger partial charge in [0.2, 0.25) is 0 Å². The minimum atomic E-state index is -0.547. The third-order valence-electron chi connectivity index (χ3n) is 2.63. The molecule has 0 amide bonds. The number of anilines is 1. The molecule has 1 aromatic heterocycles. The van der Waals surface area contributed by atoms with Crippen LogP contribution in [0.5, 0.6) is 0 Å². The van der Waals surface area contributed by atoms with Crippen LogP contribution in [-0.2, 0) is 0 Å². The Bertz CT molecular complexity index is 446. The lowest BCUT2D eigenvalue weighted by atomic mass is 10.0. The highest BCUT2D eigenvalue weighted by Gasteiger charge is 2.19. The van der Waals surface area contributed by atoms with Crippen LogP contribution >= 0.6 is 0 Å². The van der Waals surface area contributed by atoms with Gasteiger partial charge in [0.15, 0.2) is 0 Å². The van der Waals surface area contributed by atoms with Crippen LogP contribution in [-0.4, -0.2) is 22.6 Å². The highest BCUT2D eigenvalue weighted by atomic mass is 16.1. The molecule has 1 aliphatic heterocycles. The number of aromatic nitrogens is 2. The molecule has 1 aromatic rings. The fourth-order valence-electron chi connectivity index (χ4n) is 1.84. The first-order valence-electron chi connectivity index (χ1n) is 5.93. The Morgan fingerprint density at radius 2 is 2.57 bits per heavy atom. The van der Waals surface area contributed by atoms with Gasteiger partial charge in [-0.05, 0) is 32.2 Å². The summed E-state index contributed by atoms with van der Waals surface area (Å²) in [4.78, 5) is 19.2. The average Bonchev–Trinajstić information content (AvgIpc) is 2.24. The second kappa shape index (κ2) is 3.82. The molecular formula is C10H15N3O. The van der Waals surface area contributed by atoms with E-state index in [9.17, 15) is 4.79 Å². The van der Waals surface area contributed by atoms with Crippen molar-refractivity contribution in [2.45, 2.75) is 32.2 Å². The normalized spacial score (nSPS) is 24.4. The van der Waals surface area contributed by atoms with Crippen molar-refractivity contribution in [3.8, 4) is 0 Å². The topological polar surface area (TPSA) is 49.0 Å². The monoisotopic (exact) mass is 195 g/mol. The van der Waals surface area contributed by atoms with Crippen LogP contribution in [0.15, 0.2) is 17.0 Å². The molecule has 4 heteroatoms. The molecule has 0 bridgehead atoms. The van der Waals surface area contributed by atoms with Gasteiger partial charge in [-0.15, -0.1) is 0 Å². The second-order valence-electron chi connectivity index (χ2n) is 3.65. The summed E-state index contributed by atoms with van der Waals surface area (Å²) in [6, 6.07) is 0.292. The molecule has 1 aliphatic rings. The van der Waals surface area contributed by atoms with Gasteiger partial charge in [0.25, 0.3) is 0 Å². The van der Waals surface area contributed by atoms with Crippen molar-refractivity contribution in [3.63, 3.8) is 0 Å². The summed E-state index contributed by atoms with van der Waals surface area (Å²) < 4.78 is 15.2. The third-order valence-corrected chi connectivity index (χ3v) is 2.63. The fourth-order valence-corrected chi connectivity index (χ4v) is 1.84. The van der Waals surface area contributed by atoms with E-state index in [1.54, 1.807) is 0 Å². The van der Waals surface area contributed by atoms with Gasteiger partial charge >= 0.3 is 5.69 Å². The fraction of sp³-hybridized carbons (Fsp3) is 0.600. The van der Waals surface area contributed by atoms with Crippen LogP contribution in [0.1, 0.15) is 28.9 Å². The predicted octanol–water partition coefficient (Wildman–Crippen LogP) is 1.15. The lowest BCUT2D eigenvalue weighted by Gasteiger charge is -2.34. The Morgan fingerprint density at radius 1 is 1.71 bits per heavy atom. The first-order chi connectivity index (χ1) is 7.59. The zero-order valence-electron chi connectivity index (χ0n) is 10.2. The molecule has 1 N–H and O–H groups in total. The Hall–Kier alpha value is -1.32. The number of aromatic amines is 1. The SMILES string of the molecule is [2H]c1[nH]c(=O)nc(N2CCCCC2C)c1[2H]. The number of nitrogens with zero attached hydrogens (tertiary/aromatic N) is 2. The number of nitrogens with one attached hydrogen (secondary N) is 1. The number of piperidine rings is 1. The van der Waals surface area contributed by atoms with Gasteiger partial charge in [-0.1, -0.05) is 0 Å². The molecule has 4 nitrogen and oxygen atoms in total. The van der Waals surface area contributed by atoms with Crippen molar-refractivity contribution in [1.82, 2.24) is 9.97 Å². The summed E-state index contributed by atoms with van der Waals surface area (Å²) in [6.45, 7) is 2.87. The molecular weight excluding hydrogens is 178 g/mol. The molecule has 0 aromatic carbocycles. The molecule has 0 saturated carbocycles. The third kappa shape index (κ3) is 1.78. The molecule has 1 unspecified atom stereocenters. The Kier molecular flexibility index (Phi) is 1.92. The predicted molar refractivity (Wildman–Crippen MR) is 55.5 cm³/mol. The standard InChI is InChI=1S/C10H15N3O/c1-8-4-2-3-7-13(8)9-5-6-11-10(14)12-9/h5-6,8H,2-4,7H2,1H3,(H,11,12,14)/i5D,6D. The van der Waals surface area contributed by atoms with E-state index in [0.717, 1.165) is 19.4 Å².